The number of fused-ring (bicyclic) bond motifs is 1. The summed E-state index contributed by atoms with van der Waals surface area (Å²) in [7, 11) is 4.34. The summed E-state index contributed by atoms with van der Waals surface area (Å²) in [6, 6.07) is 19.5. The molecule has 1 fully saturated rings. The third-order valence-corrected chi connectivity index (χ3v) is 7.95. The number of aromatic nitrogens is 2. The number of likely N-dealkylation sites (N-methyl/N-ethyl adjacent to an activating group) is 1. The number of rotatable bonds is 10. The first-order valence-corrected chi connectivity index (χ1v) is 15.1. The summed E-state index contributed by atoms with van der Waals surface area (Å²) in [5.41, 5.74) is 15.1. The summed E-state index contributed by atoms with van der Waals surface area (Å²) in [6.45, 7) is 12.3. The Hall–Kier alpha value is -4.84. The molecule has 1 atom stereocenters. The van der Waals surface area contributed by atoms with Gasteiger partial charge in [-0.25, -0.2) is 4.98 Å². The van der Waals surface area contributed by atoms with Crippen LogP contribution in [0.25, 0.3) is 11.3 Å². The summed E-state index contributed by atoms with van der Waals surface area (Å²) in [4.78, 5) is 13.7. The zero-order chi connectivity index (χ0) is 31.1. The number of imidazole rings is 1. The lowest BCUT2D eigenvalue weighted by Crippen LogP contribution is -2.31. The Morgan fingerprint density at radius 3 is 2.70 bits per heavy atom. The standard InChI is InChI=1S/C36H42N8/c1-6-38-22-32(21-37)41-35-8-7-18-44-33(23-39-36(35)44)16-13-29-20-30(12-9-26(29)2)27(3)40-31-14-10-28(11-15-31)24-43-19-17-34(25-43)42(4)5/h7-12,14-15,18,20-23,34,40-41H,3,6,17,19,24-25,37H2,1-2,4-5H3. The summed E-state index contributed by atoms with van der Waals surface area (Å²) in [5, 5.41) is 6.78. The third kappa shape index (κ3) is 7.38. The number of nitrogens with two attached hydrogens (primary N) is 1. The number of allylic oxidation sites excluding steroid dienone is 1. The van der Waals surface area contributed by atoms with Crippen LogP contribution >= 0.6 is 0 Å². The number of hydrogen-bond acceptors (Lipinski definition) is 7. The maximum absolute atomic E-state index is 5.78. The van der Waals surface area contributed by atoms with E-state index in [0.717, 1.165) is 64.7 Å². The second-order valence-corrected chi connectivity index (χ2v) is 11.4. The monoisotopic (exact) mass is 586 g/mol. The van der Waals surface area contributed by atoms with Gasteiger partial charge >= 0.3 is 0 Å². The normalized spacial score (nSPS) is 15.6. The van der Waals surface area contributed by atoms with Gasteiger partial charge in [0.05, 0.1) is 17.6 Å². The molecule has 0 spiro atoms. The van der Waals surface area contributed by atoms with Gasteiger partial charge in [0, 0.05) is 67.8 Å². The van der Waals surface area contributed by atoms with Gasteiger partial charge in [-0.15, -0.1) is 0 Å². The largest absolute Gasteiger partial charge is 0.403 e. The van der Waals surface area contributed by atoms with Crippen molar-refractivity contribution >= 4 is 28.9 Å². The molecule has 2 aromatic carbocycles. The van der Waals surface area contributed by atoms with Crippen LogP contribution < -0.4 is 16.4 Å². The predicted molar refractivity (Wildman–Crippen MR) is 184 cm³/mol. The minimum Gasteiger partial charge on any atom is -0.403 e. The number of aliphatic imine (C=N–C) groups is 1. The Morgan fingerprint density at radius 2 is 1.98 bits per heavy atom. The van der Waals surface area contributed by atoms with Crippen LogP contribution in [0.3, 0.4) is 0 Å². The minimum absolute atomic E-state index is 0.650. The van der Waals surface area contributed by atoms with Crippen LogP contribution in [0.1, 0.15) is 41.3 Å². The first kappa shape index (κ1) is 30.6. The van der Waals surface area contributed by atoms with Crippen LogP contribution in [-0.2, 0) is 6.54 Å². The number of nitrogens with one attached hydrogen (secondary N) is 2. The molecular formula is C36H42N8. The number of pyridine rings is 1. The number of benzene rings is 2. The van der Waals surface area contributed by atoms with Crippen molar-refractivity contribution in [3.8, 4) is 11.8 Å². The van der Waals surface area contributed by atoms with Crippen LogP contribution in [0.15, 0.2) is 90.5 Å². The van der Waals surface area contributed by atoms with Gasteiger partial charge < -0.3 is 21.3 Å². The summed E-state index contributed by atoms with van der Waals surface area (Å²) >= 11 is 0. The molecule has 0 aliphatic carbocycles. The molecule has 0 bridgehead atoms. The van der Waals surface area contributed by atoms with Crippen molar-refractivity contribution in [3.63, 3.8) is 0 Å². The van der Waals surface area contributed by atoms with Crippen LogP contribution in [0, 0.1) is 18.8 Å². The molecule has 3 heterocycles. The molecule has 4 N–H and O–H groups in total. The molecule has 0 radical (unpaired) electrons. The Labute approximate surface area is 261 Å². The molecule has 1 saturated heterocycles. The Bertz CT molecular complexity index is 1730. The van der Waals surface area contributed by atoms with Gasteiger partial charge in [-0.1, -0.05) is 36.8 Å². The van der Waals surface area contributed by atoms with E-state index in [-0.39, 0.29) is 0 Å². The van der Waals surface area contributed by atoms with Crippen LogP contribution in [0.5, 0.6) is 0 Å². The fraction of sp³-hybridized carbons (Fsp3) is 0.278. The SMILES string of the molecule is C=C(Nc1ccc(CN2CCC(N(C)C)C2)cc1)c1ccc(C)c(C#Cc2cnc3c(NC(C=NCC)=CN)cccn23)c1. The summed E-state index contributed by atoms with van der Waals surface area (Å²) in [6.07, 6.45) is 8.19. The van der Waals surface area contributed by atoms with Crippen LogP contribution in [0.4, 0.5) is 11.4 Å². The third-order valence-electron chi connectivity index (χ3n) is 7.95. The van der Waals surface area contributed by atoms with Crippen molar-refractivity contribution in [2.24, 2.45) is 10.7 Å². The van der Waals surface area contributed by atoms with E-state index in [9.17, 15) is 0 Å². The first-order chi connectivity index (χ1) is 21.3. The van der Waals surface area contributed by atoms with Crippen molar-refractivity contribution in [3.05, 3.63) is 113 Å². The van der Waals surface area contributed by atoms with E-state index in [2.05, 4.69) is 112 Å². The number of aryl methyl sites for hydroxylation is 1. The average Bonchev–Trinajstić information content (AvgIpc) is 3.67. The molecule has 44 heavy (non-hydrogen) atoms. The second kappa shape index (κ2) is 14.1. The van der Waals surface area contributed by atoms with Crippen molar-refractivity contribution in [1.29, 1.82) is 0 Å². The topological polar surface area (TPSA) is 86.2 Å². The van der Waals surface area contributed by atoms with E-state index in [1.54, 1.807) is 12.4 Å². The lowest BCUT2D eigenvalue weighted by atomic mass is 10.0. The van der Waals surface area contributed by atoms with E-state index < -0.39 is 0 Å². The maximum Gasteiger partial charge on any atom is 0.161 e. The quantitative estimate of drug-likeness (QED) is 0.167. The Morgan fingerprint density at radius 1 is 1.16 bits per heavy atom. The minimum atomic E-state index is 0.650. The lowest BCUT2D eigenvalue weighted by Gasteiger charge is -2.20. The summed E-state index contributed by atoms with van der Waals surface area (Å²) in [5.74, 6) is 6.67. The van der Waals surface area contributed by atoms with Gasteiger partial charge in [0.2, 0.25) is 0 Å². The van der Waals surface area contributed by atoms with Crippen molar-refractivity contribution < 1.29 is 0 Å². The zero-order valence-electron chi connectivity index (χ0n) is 26.1. The molecule has 8 nitrogen and oxygen atoms in total. The molecule has 2 aromatic heterocycles. The highest BCUT2D eigenvalue weighted by Crippen LogP contribution is 2.23. The van der Waals surface area contributed by atoms with E-state index in [4.69, 9.17) is 5.73 Å². The molecule has 226 valence electrons. The molecule has 1 unspecified atom stereocenters. The van der Waals surface area contributed by atoms with Gasteiger partial charge in [0.25, 0.3) is 0 Å². The molecule has 0 amide bonds. The van der Waals surface area contributed by atoms with Crippen molar-refractivity contribution in [1.82, 2.24) is 19.2 Å². The van der Waals surface area contributed by atoms with Gasteiger partial charge in [-0.05, 0) is 87.3 Å². The zero-order valence-corrected chi connectivity index (χ0v) is 26.1. The van der Waals surface area contributed by atoms with E-state index in [1.807, 2.05) is 29.7 Å². The van der Waals surface area contributed by atoms with Crippen LogP contribution in [0.2, 0.25) is 0 Å². The molecular weight excluding hydrogens is 544 g/mol. The molecule has 4 aromatic rings. The summed E-state index contributed by atoms with van der Waals surface area (Å²) < 4.78 is 1.97. The van der Waals surface area contributed by atoms with Gasteiger partial charge in [0.1, 0.15) is 5.69 Å². The van der Waals surface area contributed by atoms with E-state index in [0.29, 0.717) is 18.3 Å². The number of nitrogens with zero attached hydrogens (tertiary/aromatic N) is 5. The molecule has 8 heteroatoms. The second-order valence-electron chi connectivity index (χ2n) is 11.4. The molecule has 5 rings (SSSR count). The Kier molecular flexibility index (Phi) is 9.80. The Balaban J connectivity index is 1.27. The highest BCUT2D eigenvalue weighted by molar-refractivity contribution is 5.85. The van der Waals surface area contributed by atoms with Gasteiger partial charge in [0.15, 0.2) is 5.65 Å². The fourth-order valence-electron chi connectivity index (χ4n) is 5.31. The maximum atomic E-state index is 5.78. The molecule has 1 aliphatic rings. The fourth-order valence-corrected chi connectivity index (χ4v) is 5.31. The van der Waals surface area contributed by atoms with Gasteiger partial charge in [-0.2, -0.15) is 0 Å². The predicted octanol–water partition coefficient (Wildman–Crippen LogP) is 5.56. The first-order valence-electron chi connectivity index (χ1n) is 15.1. The van der Waals surface area contributed by atoms with E-state index in [1.165, 1.54) is 18.2 Å². The molecule has 1 aliphatic heterocycles. The van der Waals surface area contributed by atoms with Crippen LogP contribution in [-0.4, -0.2) is 65.2 Å². The van der Waals surface area contributed by atoms with E-state index >= 15 is 0 Å². The van der Waals surface area contributed by atoms with Crippen molar-refractivity contribution in [2.45, 2.75) is 32.9 Å². The highest BCUT2D eigenvalue weighted by atomic mass is 15.2. The van der Waals surface area contributed by atoms with Gasteiger partial charge in [-0.3, -0.25) is 14.3 Å². The smallest absolute Gasteiger partial charge is 0.161 e. The number of hydrogen-bond donors (Lipinski definition) is 3. The number of anilines is 2. The number of likely N-dealkylation sites (tertiary alicyclic amines) is 1. The molecule has 0 saturated carbocycles. The van der Waals surface area contributed by atoms with Crippen molar-refractivity contribution in [2.75, 3.05) is 44.4 Å². The highest BCUT2D eigenvalue weighted by Gasteiger charge is 2.23. The lowest BCUT2D eigenvalue weighted by molar-refractivity contribution is 0.264. The average molecular weight is 587 g/mol.